The average molecular weight is 244 g/mol. The molecule has 3 nitrogen and oxygen atoms in total. The summed E-state index contributed by atoms with van der Waals surface area (Å²) in [6.45, 7) is 6.05. The molecule has 1 amide bonds. The zero-order valence-electron chi connectivity index (χ0n) is 10.7. The van der Waals surface area contributed by atoms with Crippen molar-refractivity contribution in [1.29, 1.82) is 0 Å². The van der Waals surface area contributed by atoms with Crippen LogP contribution in [0.5, 0.6) is 0 Å². The van der Waals surface area contributed by atoms with Gasteiger partial charge in [0.25, 0.3) is 0 Å². The van der Waals surface area contributed by atoms with E-state index in [2.05, 4.69) is 18.5 Å². The third-order valence-electron chi connectivity index (χ3n) is 3.13. The molecular weight excluding hydrogens is 220 g/mol. The highest BCUT2D eigenvalue weighted by atomic mass is 32.2. The molecule has 4 heteroatoms. The number of rotatable bonds is 6. The van der Waals surface area contributed by atoms with Gasteiger partial charge in [-0.25, -0.2) is 0 Å². The van der Waals surface area contributed by atoms with Gasteiger partial charge in [0.15, 0.2) is 0 Å². The molecular formula is C12H24N2OS. The number of carbonyl (C=O) groups excluding carboxylic acids is 1. The van der Waals surface area contributed by atoms with E-state index in [9.17, 15) is 4.79 Å². The number of nitrogens with one attached hydrogen (secondary N) is 1. The normalized spacial score (nSPS) is 19.8. The molecule has 0 aromatic heterocycles. The molecule has 0 bridgehead atoms. The zero-order chi connectivity index (χ0) is 12.0. The van der Waals surface area contributed by atoms with E-state index in [1.807, 2.05) is 23.6 Å². The van der Waals surface area contributed by atoms with Gasteiger partial charge in [0.1, 0.15) is 0 Å². The van der Waals surface area contributed by atoms with Crippen LogP contribution in [0.4, 0.5) is 0 Å². The summed E-state index contributed by atoms with van der Waals surface area (Å²) in [5.41, 5.74) is 0. The molecule has 16 heavy (non-hydrogen) atoms. The van der Waals surface area contributed by atoms with Gasteiger partial charge < -0.3 is 10.2 Å². The van der Waals surface area contributed by atoms with Crippen LogP contribution >= 0.6 is 11.8 Å². The van der Waals surface area contributed by atoms with E-state index in [1.165, 1.54) is 12.8 Å². The van der Waals surface area contributed by atoms with Gasteiger partial charge >= 0.3 is 0 Å². The van der Waals surface area contributed by atoms with Crippen LogP contribution < -0.4 is 5.32 Å². The molecule has 0 aliphatic carbocycles. The number of amides is 1. The molecule has 1 fully saturated rings. The highest BCUT2D eigenvalue weighted by Gasteiger charge is 2.24. The number of hydrogen-bond acceptors (Lipinski definition) is 3. The highest BCUT2D eigenvalue weighted by Crippen LogP contribution is 2.10. The molecule has 0 radical (unpaired) electrons. The first kappa shape index (κ1) is 13.8. The zero-order valence-corrected chi connectivity index (χ0v) is 11.5. The molecule has 1 heterocycles. The number of nitrogens with zero attached hydrogens (tertiary/aromatic N) is 1. The van der Waals surface area contributed by atoms with E-state index >= 15 is 0 Å². The Morgan fingerprint density at radius 2 is 2.06 bits per heavy atom. The first-order chi connectivity index (χ1) is 7.69. The summed E-state index contributed by atoms with van der Waals surface area (Å²) in [4.78, 5) is 14.0. The predicted octanol–water partition coefficient (Wildman–Crippen LogP) is 1.73. The summed E-state index contributed by atoms with van der Waals surface area (Å²) in [6, 6.07) is 0.423. The lowest BCUT2D eigenvalue weighted by Gasteiger charge is -2.25. The van der Waals surface area contributed by atoms with Crippen LogP contribution in [-0.4, -0.2) is 48.0 Å². The lowest BCUT2D eigenvalue weighted by atomic mass is 10.2. The summed E-state index contributed by atoms with van der Waals surface area (Å²) in [5, 5.41) is 3.43. The standard InChI is InChI=1S/C12H24N2OS/c1-4-11(9-16-3)13-10(2)12(15)14-7-5-6-8-14/h10-11,13H,4-9H2,1-3H3. The number of likely N-dealkylation sites (tertiary alicyclic amines) is 1. The fourth-order valence-electron chi connectivity index (χ4n) is 2.12. The second-order valence-electron chi connectivity index (χ2n) is 4.48. The number of thioether (sulfide) groups is 1. The van der Waals surface area contributed by atoms with E-state index in [4.69, 9.17) is 0 Å². The number of carbonyl (C=O) groups is 1. The summed E-state index contributed by atoms with van der Waals surface area (Å²) >= 11 is 1.83. The van der Waals surface area contributed by atoms with Crippen molar-refractivity contribution in [3.8, 4) is 0 Å². The third kappa shape index (κ3) is 3.98. The van der Waals surface area contributed by atoms with Crippen LogP contribution in [-0.2, 0) is 4.79 Å². The lowest BCUT2D eigenvalue weighted by Crippen LogP contribution is -2.48. The van der Waals surface area contributed by atoms with Gasteiger partial charge in [-0.3, -0.25) is 4.79 Å². The third-order valence-corrected chi connectivity index (χ3v) is 3.87. The monoisotopic (exact) mass is 244 g/mol. The van der Waals surface area contributed by atoms with Gasteiger partial charge in [0.2, 0.25) is 5.91 Å². The topological polar surface area (TPSA) is 32.3 Å². The van der Waals surface area contributed by atoms with E-state index in [1.54, 1.807) is 0 Å². The lowest BCUT2D eigenvalue weighted by molar-refractivity contribution is -0.132. The Balaban J connectivity index is 2.37. The second-order valence-corrected chi connectivity index (χ2v) is 5.39. The predicted molar refractivity (Wildman–Crippen MR) is 70.9 cm³/mol. The van der Waals surface area contributed by atoms with Crippen LogP contribution in [0.15, 0.2) is 0 Å². The molecule has 0 spiro atoms. The largest absolute Gasteiger partial charge is 0.341 e. The van der Waals surface area contributed by atoms with Crippen molar-refractivity contribution in [2.75, 3.05) is 25.1 Å². The van der Waals surface area contributed by atoms with Crippen molar-refractivity contribution in [3.05, 3.63) is 0 Å². The Labute approximate surface area is 103 Å². The molecule has 1 aliphatic rings. The van der Waals surface area contributed by atoms with Crippen molar-refractivity contribution in [2.45, 2.75) is 45.2 Å². The van der Waals surface area contributed by atoms with Crippen LogP contribution in [0.25, 0.3) is 0 Å². The van der Waals surface area contributed by atoms with Gasteiger partial charge in [-0.2, -0.15) is 11.8 Å². The molecule has 2 unspecified atom stereocenters. The minimum atomic E-state index is -0.0322. The van der Waals surface area contributed by atoms with Crippen molar-refractivity contribution in [3.63, 3.8) is 0 Å². The quantitative estimate of drug-likeness (QED) is 0.772. The molecule has 0 saturated carbocycles. The van der Waals surface area contributed by atoms with Crippen molar-refractivity contribution >= 4 is 17.7 Å². The molecule has 1 rings (SSSR count). The summed E-state index contributed by atoms with van der Waals surface area (Å²) < 4.78 is 0. The van der Waals surface area contributed by atoms with Crippen molar-refractivity contribution in [2.24, 2.45) is 0 Å². The second kappa shape index (κ2) is 7.17. The fraction of sp³-hybridized carbons (Fsp3) is 0.917. The van der Waals surface area contributed by atoms with Crippen LogP contribution in [0.2, 0.25) is 0 Å². The van der Waals surface area contributed by atoms with Gasteiger partial charge in [-0.15, -0.1) is 0 Å². The van der Waals surface area contributed by atoms with Gasteiger partial charge in [-0.05, 0) is 32.4 Å². The summed E-state index contributed by atoms with van der Waals surface area (Å²) in [7, 11) is 0. The Morgan fingerprint density at radius 3 is 2.56 bits per heavy atom. The Kier molecular flexibility index (Phi) is 6.21. The Hall–Kier alpha value is -0.220. The van der Waals surface area contributed by atoms with Crippen molar-refractivity contribution < 1.29 is 4.79 Å². The van der Waals surface area contributed by atoms with Gasteiger partial charge in [0.05, 0.1) is 6.04 Å². The smallest absolute Gasteiger partial charge is 0.239 e. The first-order valence-corrected chi connectivity index (χ1v) is 7.62. The van der Waals surface area contributed by atoms with Crippen LogP contribution in [0.1, 0.15) is 33.1 Å². The summed E-state index contributed by atoms with van der Waals surface area (Å²) in [6.07, 6.45) is 5.52. The molecule has 94 valence electrons. The summed E-state index contributed by atoms with van der Waals surface area (Å²) in [5.74, 6) is 1.35. The fourth-order valence-corrected chi connectivity index (χ4v) is 2.86. The Morgan fingerprint density at radius 1 is 1.44 bits per heavy atom. The molecule has 1 aliphatic heterocycles. The first-order valence-electron chi connectivity index (χ1n) is 6.22. The van der Waals surface area contributed by atoms with E-state index < -0.39 is 0 Å². The SMILES string of the molecule is CCC(CSC)NC(C)C(=O)N1CCCC1. The number of hydrogen-bond donors (Lipinski definition) is 1. The van der Waals surface area contributed by atoms with Crippen LogP contribution in [0, 0.1) is 0 Å². The van der Waals surface area contributed by atoms with E-state index in [0.29, 0.717) is 6.04 Å². The highest BCUT2D eigenvalue weighted by molar-refractivity contribution is 7.98. The molecule has 0 aromatic rings. The maximum absolute atomic E-state index is 12.1. The van der Waals surface area contributed by atoms with Gasteiger partial charge in [0, 0.05) is 24.9 Å². The maximum atomic E-state index is 12.1. The van der Waals surface area contributed by atoms with Crippen LogP contribution in [0.3, 0.4) is 0 Å². The van der Waals surface area contributed by atoms with Crippen molar-refractivity contribution in [1.82, 2.24) is 10.2 Å². The molecule has 0 aromatic carbocycles. The molecule has 1 saturated heterocycles. The minimum absolute atomic E-state index is 0.0322. The minimum Gasteiger partial charge on any atom is -0.341 e. The maximum Gasteiger partial charge on any atom is 0.239 e. The van der Waals surface area contributed by atoms with Gasteiger partial charge in [-0.1, -0.05) is 6.92 Å². The molecule has 1 N–H and O–H groups in total. The molecule has 2 atom stereocenters. The average Bonchev–Trinajstić information content (AvgIpc) is 2.80. The van der Waals surface area contributed by atoms with E-state index in [-0.39, 0.29) is 11.9 Å². The Bertz CT molecular complexity index is 217. The van der Waals surface area contributed by atoms with E-state index in [0.717, 1.165) is 25.3 Å².